The molecule has 6 heteroatoms. The molecule has 0 radical (unpaired) electrons. The molecule has 3 rings (SSSR count). The molecule has 4 nitrogen and oxygen atoms in total. The van der Waals surface area contributed by atoms with Crippen LogP contribution in [0, 0.1) is 12.7 Å². The zero-order chi connectivity index (χ0) is 15.5. The van der Waals surface area contributed by atoms with Crippen LogP contribution in [0.5, 0.6) is 0 Å². The summed E-state index contributed by atoms with van der Waals surface area (Å²) in [4.78, 5) is 11.2. The third-order valence-corrected chi connectivity index (χ3v) is 3.99. The van der Waals surface area contributed by atoms with Gasteiger partial charge >= 0.3 is 0 Å². The second-order valence-electron chi connectivity index (χ2n) is 5.49. The number of benzene rings is 1. The van der Waals surface area contributed by atoms with Gasteiger partial charge in [-0.3, -0.25) is 0 Å². The van der Waals surface area contributed by atoms with Crippen LogP contribution in [0.25, 0.3) is 0 Å². The van der Waals surface area contributed by atoms with Crippen LogP contribution in [0.4, 0.5) is 21.8 Å². The topological polar surface area (TPSA) is 41.1 Å². The van der Waals surface area contributed by atoms with Gasteiger partial charge in [-0.25, -0.2) is 9.37 Å². The fraction of sp³-hybridized carbons (Fsp3) is 0.375. The molecule has 1 aromatic heterocycles. The first-order valence-electron chi connectivity index (χ1n) is 7.44. The van der Waals surface area contributed by atoms with Gasteiger partial charge in [0.1, 0.15) is 11.6 Å². The molecular weight excluding hydrogens is 303 g/mol. The van der Waals surface area contributed by atoms with Crippen LogP contribution in [0.1, 0.15) is 25.0 Å². The first-order chi connectivity index (χ1) is 10.6. The monoisotopic (exact) mass is 320 g/mol. The van der Waals surface area contributed by atoms with E-state index in [-0.39, 0.29) is 5.02 Å². The van der Waals surface area contributed by atoms with Crippen LogP contribution in [0.15, 0.2) is 24.3 Å². The molecule has 0 saturated carbocycles. The molecule has 0 unspecified atom stereocenters. The fourth-order valence-electron chi connectivity index (χ4n) is 2.60. The molecule has 0 aliphatic carbocycles. The number of anilines is 3. The summed E-state index contributed by atoms with van der Waals surface area (Å²) in [7, 11) is 0. The van der Waals surface area contributed by atoms with E-state index >= 15 is 0 Å². The Bertz CT molecular complexity index is 671. The van der Waals surface area contributed by atoms with Gasteiger partial charge in [-0.15, -0.1) is 0 Å². The van der Waals surface area contributed by atoms with E-state index in [2.05, 4.69) is 20.2 Å². The molecule has 116 valence electrons. The number of halogens is 2. The third kappa shape index (κ3) is 3.47. The quantitative estimate of drug-likeness (QED) is 0.915. The number of aryl methyl sites for hydroxylation is 1. The third-order valence-electron chi connectivity index (χ3n) is 3.70. The van der Waals surface area contributed by atoms with Crippen molar-refractivity contribution < 1.29 is 4.39 Å². The predicted octanol–water partition coefficient (Wildman–Crippen LogP) is 4.31. The Morgan fingerprint density at radius 2 is 1.91 bits per heavy atom. The van der Waals surface area contributed by atoms with E-state index in [1.807, 2.05) is 13.0 Å². The van der Waals surface area contributed by atoms with E-state index in [4.69, 9.17) is 11.6 Å². The van der Waals surface area contributed by atoms with Crippen molar-refractivity contribution in [3.05, 3.63) is 40.8 Å². The van der Waals surface area contributed by atoms with Gasteiger partial charge in [0.25, 0.3) is 0 Å². The summed E-state index contributed by atoms with van der Waals surface area (Å²) in [5.41, 5.74) is 1.56. The van der Waals surface area contributed by atoms with Crippen molar-refractivity contribution in [2.24, 2.45) is 0 Å². The average Bonchev–Trinajstić information content (AvgIpc) is 2.51. The molecule has 1 aromatic carbocycles. The molecule has 2 heterocycles. The zero-order valence-corrected chi connectivity index (χ0v) is 13.2. The Hall–Kier alpha value is -1.88. The lowest BCUT2D eigenvalue weighted by atomic mass is 10.1. The van der Waals surface area contributed by atoms with Crippen LogP contribution >= 0.6 is 11.6 Å². The highest BCUT2D eigenvalue weighted by molar-refractivity contribution is 6.31. The molecule has 22 heavy (non-hydrogen) atoms. The minimum Gasteiger partial charge on any atom is -0.356 e. The van der Waals surface area contributed by atoms with Gasteiger partial charge in [-0.1, -0.05) is 11.6 Å². The maximum atomic E-state index is 13.2. The summed E-state index contributed by atoms with van der Waals surface area (Å²) in [6.07, 6.45) is 3.67. The van der Waals surface area contributed by atoms with Gasteiger partial charge in [0.05, 0.1) is 5.02 Å². The Morgan fingerprint density at radius 1 is 1.14 bits per heavy atom. The van der Waals surface area contributed by atoms with Crippen LogP contribution in [0.2, 0.25) is 5.02 Å². The summed E-state index contributed by atoms with van der Waals surface area (Å²) in [5.74, 6) is 0.998. The summed E-state index contributed by atoms with van der Waals surface area (Å²) < 4.78 is 13.2. The van der Waals surface area contributed by atoms with E-state index in [0.29, 0.717) is 11.6 Å². The number of piperidine rings is 1. The number of rotatable bonds is 3. The highest BCUT2D eigenvalue weighted by Gasteiger charge is 2.14. The predicted molar refractivity (Wildman–Crippen MR) is 87.5 cm³/mol. The summed E-state index contributed by atoms with van der Waals surface area (Å²) >= 11 is 5.80. The largest absolute Gasteiger partial charge is 0.356 e. The lowest BCUT2D eigenvalue weighted by Gasteiger charge is -2.28. The van der Waals surface area contributed by atoms with E-state index in [1.165, 1.54) is 31.4 Å². The number of hydrogen-bond acceptors (Lipinski definition) is 4. The molecule has 0 spiro atoms. The Morgan fingerprint density at radius 3 is 2.64 bits per heavy atom. The second kappa shape index (κ2) is 6.48. The van der Waals surface area contributed by atoms with Gasteiger partial charge in [0, 0.05) is 30.5 Å². The van der Waals surface area contributed by atoms with E-state index in [9.17, 15) is 4.39 Å². The van der Waals surface area contributed by atoms with Crippen LogP contribution in [-0.4, -0.2) is 23.1 Å². The molecule has 0 bridgehead atoms. The second-order valence-corrected chi connectivity index (χ2v) is 5.90. The van der Waals surface area contributed by atoms with Crippen molar-refractivity contribution in [2.45, 2.75) is 26.2 Å². The molecule has 0 amide bonds. The highest BCUT2D eigenvalue weighted by Crippen LogP contribution is 2.24. The van der Waals surface area contributed by atoms with Crippen molar-refractivity contribution in [2.75, 3.05) is 23.3 Å². The van der Waals surface area contributed by atoms with Gasteiger partial charge < -0.3 is 10.2 Å². The van der Waals surface area contributed by atoms with Gasteiger partial charge in [-0.05, 0) is 44.4 Å². The average molecular weight is 321 g/mol. The maximum absolute atomic E-state index is 13.2. The summed E-state index contributed by atoms with van der Waals surface area (Å²) in [5, 5.41) is 3.17. The molecular formula is C16H18ClFN4. The number of aromatic nitrogens is 2. The van der Waals surface area contributed by atoms with Gasteiger partial charge in [0.15, 0.2) is 0 Å². The lowest BCUT2D eigenvalue weighted by Crippen LogP contribution is -2.30. The number of hydrogen-bond donors (Lipinski definition) is 1. The Balaban J connectivity index is 1.83. The summed E-state index contributed by atoms with van der Waals surface area (Å²) in [6.45, 7) is 3.99. The Kier molecular flexibility index (Phi) is 4.43. The first-order valence-corrected chi connectivity index (χ1v) is 7.82. The fourth-order valence-corrected chi connectivity index (χ4v) is 2.78. The van der Waals surface area contributed by atoms with Crippen molar-refractivity contribution in [1.29, 1.82) is 0 Å². The maximum Gasteiger partial charge on any atom is 0.229 e. The van der Waals surface area contributed by atoms with Gasteiger partial charge in [0.2, 0.25) is 5.95 Å². The normalized spacial score (nSPS) is 15.0. The molecule has 1 aliphatic rings. The highest BCUT2D eigenvalue weighted by atomic mass is 35.5. The van der Waals surface area contributed by atoms with Crippen molar-refractivity contribution in [3.8, 4) is 0 Å². The first kappa shape index (κ1) is 15.0. The van der Waals surface area contributed by atoms with Crippen LogP contribution < -0.4 is 10.2 Å². The van der Waals surface area contributed by atoms with E-state index in [0.717, 1.165) is 24.6 Å². The molecule has 0 atom stereocenters. The molecule has 1 fully saturated rings. The minimum atomic E-state index is -0.439. The van der Waals surface area contributed by atoms with Crippen molar-refractivity contribution in [1.82, 2.24) is 9.97 Å². The standard InChI is InChI=1S/C16H18ClFN4/c1-11-9-15(22-7-3-2-4-8-22)21-16(19-11)20-12-5-6-14(18)13(17)10-12/h5-6,9-10H,2-4,7-8H2,1H3,(H,19,20,21). The van der Waals surface area contributed by atoms with E-state index < -0.39 is 5.82 Å². The van der Waals surface area contributed by atoms with Crippen molar-refractivity contribution in [3.63, 3.8) is 0 Å². The lowest BCUT2D eigenvalue weighted by molar-refractivity contribution is 0.573. The number of nitrogens with one attached hydrogen (secondary N) is 1. The van der Waals surface area contributed by atoms with Gasteiger partial charge in [-0.2, -0.15) is 4.98 Å². The number of nitrogens with zero attached hydrogens (tertiary/aromatic N) is 3. The Labute approximate surface area is 134 Å². The van der Waals surface area contributed by atoms with E-state index in [1.54, 1.807) is 6.07 Å². The van der Waals surface area contributed by atoms with Crippen molar-refractivity contribution >= 4 is 29.1 Å². The SMILES string of the molecule is Cc1cc(N2CCCCC2)nc(Nc2ccc(F)c(Cl)c2)n1. The summed E-state index contributed by atoms with van der Waals surface area (Å²) in [6, 6.07) is 6.47. The molecule has 1 N–H and O–H groups in total. The molecule has 1 aliphatic heterocycles. The van der Waals surface area contributed by atoms with Crippen LogP contribution in [-0.2, 0) is 0 Å². The smallest absolute Gasteiger partial charge is 0.229 e. The molecule has 1 saturated heterocycles. The zero-order valence-electron chi connectivity index (χ0n) is 12.4. The van der Waals surface area contributed by atoms with Crippen LogP contribution in [0.3, 0.4) is 0 Å². The molecule has 2 aromatic rings. The minimum absolute atomic E-state index is 0.0777.